The van der Waals surface area contributed by atoms with Gasteiger partial charge in [-0.1, -0.05) is 0 Å². The summed E-state index contributed by atoms with van der Waals surface area (Å²) in [5, 5.41) is 13.1. The fourth-order valence-corrected chi connectivity index (χ4v) is 0.941. The zero-order valence-electron chi connectivity index (χ0n) is 7.08. The molecule has 0 heterocycles. The van der Waals surface area contributed by atoms with Crippen molar-refractivity contribution in [2.45, 2.75) is 6.18 Å². The third kappa shape index (κ3) is 2.27. The number of nitro groups is 1. The van der Waals surface area contributed by atoms with Gasteiger partial charge in [0, 0.05) is 6.07 Å². The molecule has 0 spiro atoms. The van der Waals surface area contributed by atoms with E-state index >= 15 is 0 Å². The first-order valence-corrected chi connectivity index (χ1v) is 3.59. The highest BCUT2D eigenvalue weighted by Crippen LogP contribution is 2.35. The summed E-state index contributed by atoms with van der Waals surface area (Å²) in [6.45, 7) is 0. The molecular formula is C7H4F3N3O2. The second-order valence-electron chi connectivity index (χ2n) is 2.57. The van der Waals surface area contributed by atoms with E-state index < -0.39 is 28.0 Å². The van der Waals surface area contributed by atoms with Gasteiger partial charge in [-0.25, -0.2) is 5.53 Å². The Balaban J connectivity index is 3.35. The Bertz CT molecular complexity index is 416. The molecule has 0 saturated carbocycles. The van der Waals surface area contributed by atoms with Gasteiger partial charge in [-0.2, -0.15) is 18.3 Å². The van der Waals surface area contributed by atoms with Crippen LogP contribution in [0.5, 0.6) is 0 Å². The highest BCUT2D eigenvalue weighted by Gasteiger charge is 2.32. The van der Waals surface area contributed by atoms with Crippen molar-refractivity contribution in [2.75, 3.05) is 0 Å². The van der Waals surface area contributed by atoms with E-state index in [4.69, 9.17) is 5.53 Å². The number of benzene rings is 1. The summed E-state index contributed by atoms with van der Waals surface area (Å²) < 4.78 is 36.5. The summed E-state index contributed by atoms with van der Waals surface area (Å²) in [7, 11) is 0. The number of rotatable bonds is 2. The Hall–Kier alpha value is -1.99. The van der Waals surface area contributed by atoms with Gasteiger partial charge in [-0.15, -0.1) is 0 Å². The van der Waals surface area contributed by atoms with Gasteiger partial charge < -0.3 is 0 Å². The average Bonchev–Trinajstić information content (AvgIpc) is 2.15. The molecule has 0 bridgehead atoms. The third-order valence-corrected chi connectivity index (χ3v) is 1.62. The monoisotopic (exact) mass is 219 g/mol. The molecule has 0 aliphatic heterocycles. The minimum atomic E-state index is -4.65. The standard InChI is InChI=1S/C7H4F3N3O2/c8-7(9,10)4-1-2-5(12-11)6(3-4)13(14)15/h1-3,11H. The van der Waals surface area contributed by atoms with Crippen LogP contribution in [-0.2, 0) is 6.18 Å². The lowest BCUT2D eigenvalue weighted by Crippen LogP contribution is -2.05. The van der Waals surface area contributed by atoms with Gasteiger partial charge in [0.05, 0.1) is 10.5 Å². The van der Waals surface area contributed by atoms with Crippen LogP contribution in [-0.4, -0.2) is 4.92 Å². The molecule has 1 aromatic carbocycles. The third-order valence-electron chi connectivity index (χ3n) is 1.62. The van der Waals surface area contributed by atoms with E-state index in [9.17, 15) is 23.3 Å². The normalized spacial score (nSPS) is 11.1. The van der Waals surface area contributed by atoms with Gasteiger partial charge in [-0.3, -0.25) is 10.1 Å². The number of halogens is 3. The second-order valence-corrected chi connectivity index (χ2v) is 2.57. The topological polar surface area (TPSA) is 79.3 Å². The molecule has 0 radical (unpaired) electrons. The maximum Gasteiger partial charge on any atom is 0.416 e. The average molecular weight is 219 g/mol. The van der Waals surface area contributed by atoms with Gasteiger partial charge in [0.2, 0.25) is 0 Å². The van der Waals surface area contributed by atoms with Crippen molar-refractivity contribution >= 4 is 11.4 Å². The van der Waals surface area contributed by atoms with Crippen LogP contribution in [0.15, 0.2) is 23.3 Å². The molecule has 8 heteroatoms. The van der Waals surface area contributed by atoms with Crippen molar-refractivity contribution in [3.05, 3.63) is 33.9 Å². The maximum absolute atomic E-state index is 12.2. The number of nitrogens with zero attached hydrogens (tertiary/aromatic N) is 2. The molecule has 15 heavy (non-hydrogen) atoms. The SMILES string of the molecule is N=Nc1ccc(C(F)(F)F)cc1[N+](=O)[O-]. The van der Waals surface area contributed by atoms with Crippen LogP contribution in [0.2, 0.25) is 0 Å². The van der Waals surface area contributed by atoms with E-state index in [1.54, 1.807) is 0 Å². The van der Waals surface area contributed by atoms with Crippen LogP contribution in [0.3, 0.4) is 0 Å². The molecule has 1 rings (SSSR count). The Kier molecular flexibility index (Phi) is 2.69. The van der Waals surface area contributed by atoms with E-state index in [2.05, 4.69) is 5.11 Å². The lowest BCUT2D eigenvalue weighted by atomic mass is 10.1. The highest BCUT2D eigenvalue weighted by atomic mass is 19.4. The van der Waals surface area contributed by atoms with E-state index in [-0.39, 0.29) is 0 Å². The van der Waals surface area contributed by atoms with E-state index in [0.29, 0.717) is 12.1 Å². The molecule has 0 saturated heterocycles. The lowest BCUT2D eigenvalue weighted by molar-refractivity contribution is -0.384. The van der Waals surface area contributed by atoms with E-state index in [0.717, 1.165) is 6.07 Å². The van der Waals surface area contributed by atoms with Crippen LogP contribution in [0.1, 0.15) is 5.56 Å². The molecule has 0 unspecified atom stereocenters. The molecule has 0 atom stereocenters. The molecule has 1 N–H and O–H groups in total. The molecule has 0 aromatic heterocycles. The number of alkyl halides is 3. The summed E-state index contributed by atoms with van der Waals surface area (Å²) in [5.74, 6) is 0. The zero-order chi connectivity index (χ0) is 11.6. The van der Waals surface area contributed by atoms with Crippen LogP contribution < -0.4 is 0 Å². The molecule has 80 valence electrons. The molecule has 1 aromatic rings. The van der Waals surface area contributed by atoms with E-state index in [1.165, 1.54) is 0 Å². The highest BCUT2D eigenvalue weighted by molar-refractivity contribution is 5.58. The second kappa shape index (κ2) is 3.64. The predicted molar refractivity (Wildman–Crippen MR) is 42.9 cm³/mol. The summed E-state index contributed by atoms with van der Waals surface area (Å²) in [6, 6.07) is 1.78. The zero-order valence-corrected chi connectivity index (χ0v) is 7.08. The van der Waals surface area contributed by atoms with Crippen molar-refractivity contribution in [3.63, 3.8) is 0 Å². The van der Waals surface area contributed by atoms with Crippen LogP contribution in [0.25, 0.3) is 0 Å². The Morgan fingerprint density at radius 3 is 2.40 bits per heavy atom. The van der Waals surface area contributed by atoms with Crippen LogP contribution >= 0.6 is 0 Å². The Morgan fingerprint density at radius 1 is 1.40 bits per heavy atom. The number of nitrogens with one attached hydrogen (secondary N) is 1. The predicted octanol–water partition coefficient (Wildman–Crippen LogP) is 3.28. The van der Waals surface area contributed by atoms with Crippen LogP contribution in [0, 0.1) is 15.6 Å². The summed E-state index contributed by atoms with van der Waals surface area (Å²) >= 11 is 0. The van der Waals surface area contributed by atoms with E-state index in [1.807, 2.05) is 0 Å². The van der Waals surface area contributed by atoms with Gasteiger partial charge in [0.15, 0.2) is 5.69 Å². The fourth-order valence-electron chi connectivity index (χ4n) is 0.941. The fraction of sp³-hybridized carbons (Fsp3) is 0.143. The van der Waals surface area contributed by atoms with Gasteiger partial charge in [0.25, 0.3) is 5.69 Å². The van der Waals surface area contributed by atoms with Crippen molar-refractivity contribution in [1.82, 2.24) is 0 Å². The smallest absolute Gasteiger partial charge is 0.258 e. The summed E-state index contributed by atoms with van der Waals surface area (Å²) in [5.41, 5.74) is 4.16. The number of hydrogen-bond donors (Lipinski definition) is 1. The summed E-state index contributed by atoms with van der Waals surface area (Å²) in [4.78, 5) is 9.34. The Labute approximate surface area is 81.2 Å². The molecule has 0 amide bonds. The first-order valence-electron chi connectivity index (χ1n) is 3.59. The molecular weight excluding hydrogens is 215 g/mol. The first kappa shape index (κ1) is 11.1. The largest absolute Gasteiger partial charge is 0.416 e. The van der Waals surface area contributed by atoms with Crippen molar-refractivity contribution in [2.24, 2.45) is 5.11 Å². The molecule has 0 aliphatic carbocycles. The quantitative estimate of drug-likeness (QED) is 0.470. The van der Waals surface area contributed by atoms with Gasteiger partial charge in [0.1, 0.15) is 0 Å². The first-order chi connectivity index (χ1) is 6.86. The minimum Gasteiger partial charge on any atom is -0.258 e. The number of hydrogen-bond acceptors (Lipinski definition) is 4. The van der Waals surface area contributed by atoms with Gasteiger partial charge >= 0.3 is 6.18 Å². The van der Waals surface area contributed by atoms with Crippen molar-refractivity contribution < 1.29 is 18.1 Å². The summed E-state index contributed by atoms with van der Waals surface area (Å²) in [6.07, 6.45) is -4.65. The Morgan fingerprint density at radius 2 is 2.00 bits per heavy atom. The molecule has 0 fully saturated rings. The molecule has 5 nitrogen and oxygen atoms in total. The van der Waals surface area contributed by atoms with Gasteiger partial charge in [-0.05, 0) is 12.1 Å². The minimum absolute atomic E-state index is 0.355. The lowest BCUT2D eigenvalue weighted by Gasteiger charge is -2.06. The number of nitro benzene ring substituents is 1. The maximum atomic E-state index is 12.2. The molecule has 0 aliphatic rings. The van der Waals surface area contributed by atoms with Crippen molar-refractivity contribution in [1.29, 1.82) is 5.53 Å². The van der Waals surface area contributed by atoms with Crippen molar-refractivity contribution in [3.8, 4) is 0 Å². The van der Waals surface area contributed by atoms with Crippen LogP contribution in [0.4, 0.5) is 24.5 Å².